The topological polar surface area (TPSA) is 38.3 Å². The molecule has 1 amide bonds. The van der Waals surface area contributed by atoms with Crippen LogP contribution in [0.3, 0.4) is 0 Å². The number of carbonyl (C=O) groups is 1. The van der Waals surface area contributed by atoms with E-state index in [4.69, 9.17) is 4.74 Å². The number of halogens is 1. The van der Waals surface area contributed by atoms with Gasteiger partial charge in [-0.3, -0.25) is 4.79 Å². The third kappa shape index (κ3) is 6.00. The first-order valence-electron chi connectivity index (χ1n) is 8.03. The van der Waals surface area contributed by atoms with E-state index in [0.717, 1.165) is 22.4 Å². The average Bonchev–Trinajstić information content (AvgIpc) is 2.52. The van der Waals surface area contributed by atoms with Crippen LogP contribution >= 0.6 is 15.9 Å². The highest BCUT2D eigenvalue weighted by Gasteiger charge is 2.14. The van der Waals surface area contributed by atoms with Gasteiger partial charge in [-0.15, -0.1) is 0 Å². The van der Waals surface area contributed by atoms with Gasteiger partial charge < -0.3 is 10.1 Å². The monoisotopic (exact) mass is 389 g/mol. The summed E-state index contributed by atoms with van der Waals surface area (Å²) in [6.07, 6.45) is 0.371. The van der Waals surface area contributed by atoms with Gasteiger partial charge in [-0.2, -0.15) is 0 Å². The molecule has 0 bridgehead atoms. The van der Waals surface area contributed by atoms with Crippen LogP contribution in [-0.4, -0.2) is 11.4 Å². The van der Waals surface area contributed by atoms with Crippen molar-refractivity contribution in [1.82, 2.24) is 5.32 Å². The van der Waals surface area contributed by atoms with Crippen LogP contribution in [0.25, 0.3) is 0 Å². The molecular weight excluding hydrogens is 366 g/mol. The summed E-state index contributed by atoms with van der Waals surface area (Å²) >= 11 is 3.50. The Kier molecular flexibility index (Phi) is 6.44. The number of alkyl halides is 1. The molecule has 2 aromatic rings. The summed E-state index contributed by atoms with van der Waals surface area (Å²) in [5, 5.41) is 3.67. The first-order chi connectivity index (χ1) is 11.4. The lowest BCUT2D eigenvalue weighted by Crippen LogP contribution is -2.41. The van der Waals surface area contributed by atoms with Gasteiger partial charge in [0.05, 0.1) is 6.42 Å². The van der Waals surface area contributed by atoms with E-state index in [1.807, 2.05) is 69.3 Å². The van der Waals surface area contributed by atoms with E-state index in [0.29, 0.717) is 18.4 Å². The fourth-order valence-electron chi connectivity index (χ4n) is 2.37. The Bertz CT molecular complexity index is 678. The maximum Gasteiger partial charge on any atom is 0.224 e. The molecule has 0 saturated heterocycles. The van der Waals surface area contributed by atoms with Crippen molar-refractivity contribution < 1.29 is 9.53 Å². The lowest BCUT2D eigenvalue weighted by Gasteiger charge is -2.20. The predicted molar refractivity (Wildman–Crippen MR) is 101 cm³/mol. The number of nitrogens with one attached hydrogen (secondary N) is 1. The fourth-order valence-corrected chi connectivity index (χ4v) is 2.81. The fraction of sp³-hybridized carbons (Fsp3) is 0.350. The molecule has 0 aliphatic carbocycles. The molecule has 0 radical (unpaired) electrons. The van der Waals surface area contributed by atoms with Crippen LogP contribution in [0.5, 0.6) is 5.75 Å². The number of ether oxygens (including phenoxy) is 1. The lowest BCUT2D eigenvalue weighted by atomic mass is 10.1. The van der Waals surface area contributed by atoms with E-state index in [1.54, 1.807) is 0 Å². The summed E-state index contributed by atoms with van der Waals surface area (Å²) in [7, 11) is 0. The van der Waals surface area contributed by atoms with E-state index < -0.39 is 0 Å². The van der Waals surface area contributed by atoms with Crippen LogP contribution in [0.1, 0.15) is 37.5 Å². The van der Waals surface area contributed by atoms with Crippen molar-refractivity contribution in [2.75, 3.05) is 0 Å². The third-order valence-corrected chi connectivity index (χ3v) is 3.99. The molecule has 0 spiro atoms. The molecule has 0 heterocycles. The van der Waals surface area contributed by atoms with Crippen LogP contribution in [-0.2, 0) is 23.2 Å². The maximum atomic E-state index is 12.1. The molecule has 0 atom stereocenters. The van der Waals surface area contributed by atoms with Gasteiger partial charge in [0.1, 0.15) is 12.4 Å². The molecule has 0 saturated carbocycles. The first kappa shape index (κ1) is 18.5. The number of amides is 1. The minimum absolute atomic E-state index is 0.0287. The number of hydrogen-bond acceptors (Lipinski definition) is 2. The zero-order valence-corrected chi connectivity index (χ0v) is 16.0. The average molecular weight is 390 g/mol. The van der Waals surface area contributed by atoms with Crippen molar-refractivity contribution in [3.8, 4) is 5.75 Å². The summed E-state index contributed by atoms with van der Waals surface area (Å²) in [4.78, 5) is 12.1. The predicted octanol–water partition coefficient (Wildman–Crippen LogP) is 4.62. The number of rotatable bonds is 6. The highest BCUT2D eigenvalue weighted by molar-refractivity contribution is 9.08. The van der Waals surface area contributed by atoms with Gasteiger partial charge >= 0.3 is 0 Å². The van der Waals surface area contributed by atoms with E-state index in [-0.39, 0.29) is 11.4 Å². The van der Waals surface area contributed by atoms with E-state index in [9.17, 15) is 4.79 Å². The van der Waals surface area contributed by atoms with Gasteiger partial charge in [0.25, 0.3) is 0 Å². The normalized spacial score (nSPS) is 11.2. The van der Waals surface area contributed by atoms with Crippen LogP contribution in [0.4, 0.5) is 0 Å². The molecular formula is C20H24BrNO2. The molecule has 2 aromatic carbocycles. The summed E-state index contributed by atoms with van der Waals surface area (Å²) in [6.45, 7) is 6.48. The Morgan fingerprint density at radius 2 is 1.79 bits per heavy atom. The van der Waals surface area contributed by atoms with Crippen molar-refractivity contribution in [3.63, 3.8) is 0 Å². The van der Waals surface area contributed by atoms with Gasteiger partial charge in [-0.05, 0) is 38.0 Å². The highest BCUT2D eigenvalue weighted by Crippen LogP contribution is 2.24. The highest BCUT2D eigenvalue weighted by atomic mass is 79.9. The molecule has 128 valence electrons. The second-order valence-corrected chi connectivity index (χ2v) is 7.39. The van der Waals surface area contributed by atoms with E-state index in [1.165, 1.54) is 0 Å². The summed E-state index contributed by atoms with van der Waals surface area (Å²) < 4.78 is 5.92. The van der Waals surface area contributed by atoms with Gasteiger partial charge in [0.15, 0.2) is 0 Å². The summed E-state index contributed by atoms with van der Waals surface area (Å²) in [5.41, 5.74) is 2.95. The number of benzene rings is 2. The van der Waals surface area contributed by atoms with Crippen molar-refractivity contribution in [2.45, 2.75) is 44.7 Å². The van der Waals surface area contributed by atoms with Crippen LogP contribution in [0.15, 0.2) is 48.5 Å². The van der Waals surface area contributed by atoms with Crippen molar-refractivity contribution in [3.05, 3.63) is 65.2 Å². The second kappa shape index (κ2) is 8.34. The Balaban J connectivity index is 2.03. The van der Waals surface area contributed by atoms with Crippen molar-refractivity contribution >= 4 is 21.8 Å². The van der Waals surface area contributed by atoms with Gasteiger partial charge in [-0.25, -0.2) is 0 Å². The number of carbonyl (C=O) groups excluding carboxylic acids is 1. The maximum absolute atomic E-state index is 12.1. The zero-order chi connectivity index (χ0) is 17.6. The Morgan fingerprint density at radius 1 is 1.08 bits per heavy atom. The molecule has 0 aliphatic rings. The van der Waals surface area contributed by atoms with E-state index >= 15 is 0 Å². The summed E-state index contributed by atoms with van der Waals surface area (Å²) in [6, 6.07) is 16.0. The Hall–Kier alpha value is -1.81. The molecule has 4 heteroatoms. The molecule has 3 nitrogen and oxygen atoms in total. The molecule has 2 rings (SSSR count). The van der Waals surface area contributed by atoms with Gasteiger partial charge in [0.2, 0.25) is 5.91 Å². The quantitative estimate of drug-likeness (QED) is 0.732. The largest absolute Gasteiger partial charge is 0.489 e. The molecule has 24 heavy (non-hydrogen) atoms. The SMILES string of the molecule is CC(C)(C)NC(=O)Cc1ccc(OCc2ccccc2)c(CBr)c1. The van der Waals surface area contributed by atoms with Gasteiger partial charge in [0, 0.05) is 16.4 Å². The van der Waals surface area contributed by atoms with E-state index in [2.05, 4.69) is 21.2 Å². The minimum atomic E-state index is -0.214. The summed E-state index contributed by atoms with van der Waals surface area (Å²) in [5.74, 6) is 0.872. The Morgan fingerprint density at radius 3 is 2.42 bits per heavy atom. The van der Waals surface area contributed by atoms with Crippen LogP contribution in [0, 0.1) is 0 Å². The van der Waals surface area contributed by atoms with Crippen LogP contribution < -0.4 is 10.1 Å². The third-order valence-electron chi connectivity index (χ3n) is 3.39. The zero-order valence-electron chi connectivity index (χ0n) is 14.4. The lowest BCUT2D eigenvalue weighted by molar-refractivity contribution is -0.121. The van der Waals surface area contributed by atoms with Gasteiger partial charge in [-0.1, -0.05) is 58.4 Å². The minimum Gasteiger partial charge on any atom is -0.489 e. The van der Waals surface area contributed by atoms with Crippen LogP contribution in [0.2, 0.25) is 0 Å². The smallest absolute Gasteiger partial charge is 0.224 e. The Labute approximate surface area is 152 Å². The standard InChI is InChI=1S/C20H24BrNO2/c1-20(2,3)22-19(23)12-16-9-10-18(17(11-16)13-21)24-14-15-7-5-4-6-8-15/h4-11H,12-14H2,1-3H3,(H,22,23). The first-order valence-corrected chi connectivity index (χ1v) is 9.15. The molecule has 0 aliphatic heterocycles. The van der Waals surface area contributed by atoms with Crippen molar-refractivity contribution in [2.24, 2.45) is 0 Å². The molecule has 0 aromatic heterocycles. The second-order valence-electron chi connectivity index (χ2n) is 6.82. The number of hydrogen-bond donors (Lipinski definition) is 1. The molecule has 0 unspecified atom stereocenters. The molecule has 0 fully saturated rings. The van der Waals surface area contributed by atoms with Crippen molar-refractivity contribution in [1.29, 1.82) is 0 Å². The molecule has 1 N–H and O–H groups in total.